The fourth-order valence-electron chi connectivity index (χ4n) is 3.72. The maximum absolute atomic E-state index is 13.1. The largest absolute Gasteiger partial charge is 0.493 e. The minimum absolute atomic E-state index is 0.107. The molecule has 0 bridgehead atoms. The van der Waals surface area contributed by atoms with E-state index >= 15 is 0 Å². The smallest absolute Gasteiger partial charge is 0.270 e. The molecule has 184 valence electrons. The molecule has 35 heavy (non-hydrogen) atoms. The van der Waals surface area contributed by atoms with Gasteiger partial charge in [0.15, 0.2) is 22.4 Å². The number of aryl methyl sites for hydroxylation is 1. The van der Waals surface area contributed by atoms with Crippen LogP contribution in [0.2, 0.25) is 0 Å². The van der Waals surface area contributed by atoms with Crippen molar-refractivity contribution in [3.8, 4) is 11.5 Å². The summed E-state index contributed by atoms with van der Waals surface area (Å²) in [5.74, 6) is 0.596. The summed E-state index contributed by atoms with van der Waals surface area (Å²) >= 11 is 10.3. The quantitative estimate of drug-likeness (QED) is 0.350. The van der Waals surface area contributed by atoms with Gasteiger partial charge >= 0.3 is 0 Å². The second kappa shape index (κ2) is 11.6. The Balaban J connectivity index is 1.51. The summed E-state index contributed by atoms with van der Waals surface area (Å²) in [6.07, 6.45) is 2.70. The molecule has 0 atom stereocenters. The Hall–Kier alpha value is -2.40. The Morgan fingerprint density at radius 2 is 1.94 bits per heavy atom. The highest BCUT2D eigenvalue weighted by Crippen LogP contribution is 2.40. The van der Waals surface area contributed by atoms with Gasteiger partial charge in [0.05, 0.1) is 35.4 Å². The Bertz CT molecular complexity index is 1160. The zero-order valence-electron chi connectivity index (χ0n) is 19.4. The molecular formula is C25H25BrN2O5S2. The number of rotatable bonds is 7. The van der Waals surface area contributed by atoms with Gasteiger partial charge in [-0.1, -0.05) is 43.0 Å². The van der Waals surface area contributed by atoms with Gasteiger partial charge in [-0.2, -0.15) is 0 Å². The van der Waals surface area contributed by atoms with Crippen LogP contribution < -0.4 is 14.4 Å². The first-order chi connectivity index (χ1) is 16.9. The number of amides is 2. The van der Waals surface area contributed by atoms with Gasteiger partial charge in [-0.3, -0.25) is 14.5 Å². The van der Waals surface area contributed by atoms with E-state index in [0.29, 0.717) is 51.5 Å². The van der Waals surface area contributed by atoms with Crippen molar-refractivity contribution in [2.24, 2.45) is 0 Å². The highest BCUT2D eigenvalue weighted by atomic mass is 79.9. The number of carbonyl (C=O) groups is 2. The molecule has 0 saturated carbocycles. The van der Waals surface area contributed by atoms with Gasteiger partial charge in [-0.25, -0.2) is 0 Å². The van der Waals surface area contributed by atoms with E-state index in [2.05, 4.69) is 22.9 Å². The molecule has 0 spiro atoms. The first-order valence-electron chi connectivity index (χ1n) is 11.1. The first kappa shape index (κ1) is 25.7. The number of morpholine rings is 1. The second-order valence-electron chi connectivity index (χ2n) is 7.85. The Morgan fingerprint density at radius 3 is 2.60 bits per heavy atom. The zero-order valence-corrected chi connectivity index (χ0v) is 22.6. The number of hydrogen-bond acceptors (Lipinski definition) is 7. The predicted octanol–water partition coefficient (Wildman–Crippen LogP) is 4.66. The third kappa shape index (κ3) is 5.88. The van der Waals surface area contributed by atoms with Crippen LogP contribution in [0.4, 0.5) is 5.69 Å². The van der Waals surface area contributed by atoms with Crippen molar-refractivity contribution in [3.63, 3.8) is 0 Å². The number of benzene rings is 2. The molecule has 2 heterocycles. The average molecular weight is 578 g/mol. The maximum atomic E-state index is 13.1. The van der Waals surface area contributed by atoms with Crippen LogP contribution in [0.25, 0.3) is 6.08 Å². The van der Waals surface area contributed by atoms with Gasteiger partial charge in [0.2, 0.25) is 0 Å². The van der Waals surface area contributed by atoms with Crippen molar-refractivity contribution in [2.45, 2.75) is 13.3 Å². The van der Waals surface area contributed by atoms with Crippen LogP contribution >= 0.6 is 39.9 Å². The molecule has 2 amide bonds. The third-order valence-electron chi connectivity index (χ3n) is 5.65. The highest BCUT2D eigenvalue weighted by molar-refractivity contribution is 9.10. The summed E-state index contributed by atoms with van der Waals surface area (Å²) in [4.78, 5) is 29.4. The number of anilines is 1. The van der Waals surface area contributed by atoms with Crippen molar-refractivity contribution in [1.29, 1.82) is 0 Å². The van der Waals surface area contributed by atoms with Crippen LogP contribution in [-0.2, 0) is 20.7 Å². The number of carbonyl (C=O) groups excluding carboxylic acids is 2. The summed E-state index contributed by atoms with van der Waals surface area (Å²) in [5.41, 5.74) is 2.68. The second-order valence-corrected chi connectivity index (χ2v) is 10.4. The van der Waals surface area contributed by atoms with Crippen LogP contribution in [-0.4, -0.2) is 61.1 Å². The molecular weight excluding hydrogens is 552 g/mol. The van der Waals surface area contributed by atoms with Crippen molar-refractivity contribution in [2.75, 3.05) is 44.9 Å². The summed E-state index contributed by atoms with van der Waals surface area (Å²) in [6.45, 7) is 4.15. The molecule has 2 aromatic rings. The van der Waals surface area contributed by atoms with Crippen LogP contribution in [0.15, 0.2) is 45.8 Å². The van der Waals surface area contributed by atoms with Gasteiger partial charge in [0.25, 0.3) is 11.8 Å². The number of halogens is 1. The number of thioether (sulfide) groups is 1. The zero-order chi connectivity index (χ0) is 24.9. The monoisotopic (exact) mass is 576 g/mol. The van der Waals surface area contributed by atoms with E-state index in [1.54, 1.807) is 21.9 Å². The Morgan fingerprint density at radius 1 is 1.23 bits per heavy atom. The van der Waals surface area contributed by atoms with Gasteiger partial charge in [0, 0.05) is 13.1 Å². The van der Waals surface area contributed by atoms with E-state index in [1.807, 2.05) is 30.3 Å². The maximum Gasteiger partial charge on any atom is 0.270 e. The van der Waals surface area contributed by atoms with Crippen LogP contribution in [0, 0.1) is 0 Å². The van der Waals surface area contributed by atoms with E-state index in [1.165, 1.54) is 24.4 Å². The fraction of sp³-hybridized carbons (Fsp3) is 0.320. The van der Waals surface area contributed by atoms with E-state index in [-0.39, 0.29) is 18.4 Å². The molecule has 2 saturated heterocycles. The van der Waals surface area contributed by atoms with Gasteiger partial charge in [-0.05, 0) is 63.8 Å². The van der Waals surface area contributed by atoms with Crippen molar-refractivity contribution < 1.29 is 23.8 Å². The van der Waals surface area contributed by atoms with E-state index in [0.717, 1.165) is 17.7 Å². The van der Waals surface area contributed by atoms with E-state index in [4.69, 9.17) is 26.4 Å². The molecule has 2 aromatic carbocycles. The fourth-order valence-corrected chi connectivity index (χ4v) is 5.60. The number of hydrogen-bond donors (Lipinski definition) is 0. The molecule has 0 aliphatic carbocycles. The molecule has 2 fully saturated rings. The molecule has 0 aromatic heterocycles. The predicted molar refractivity (Wildman–Crippen MR) is 145 cm³/mol. The molecule has 4 rings (SSSR count). The Kier molecular flexibility index (Phi) is 8.48. The number of thiocarbonyl (C=S) groups is 1. The summed E-state index contributed by atoms with van der Waals surface area (Å²) in [5, 5.41) is 0. The third-order valence-corrected chi connectivity index (χ3v) is 7.54. The summed E-state index contributed by atoms with van der Waals surface area (Å²) < 4.78 is 17.7. The number of methoxy groups -OCH3 is 1. The highest BCUT2D eigenvalue weighted by Gasteiger charge is 2.33. The Labute approximate surface area is 222 Å². The van der Waals surface area contributed by atoms with Crippen LogP contribution in [0.3, 0.4) is 0 Å². The minimum atomic E-state index is -0.171. The van der Waals surface area contributed by atoms with Gasteiger partial charge < -0.3 is 19.1 Å². The number of nitrogens with zero attached hydrogens (tertiary/aromatic N) is 2. The summed E-state index contributed by atoms with van der Waals surface area (Å²) in [7, 11) is 1.53. The molecule has 2 aliphatic rings. The molecule has 7 nitrogen and oxygen atoms in total. The lowest BCUT2D eigenvalue weighted by atomic mass is 10.1. The number of ether oxygens (including phenoxy) is 3. The van der Waals surface area contributed by atoms with Crippen LogP contribution in [0.5, 0.6) is 11.5 Å². The lowest BCUT2D eigenvalue weighted by molar-refractivity contribution is -0.137. The molecule has 10 heteroatoms. The average Bonchev–Trinajstić information content (AvgIpc) is 3.15. The minimum Gasteiger partial charge on any atom is -0.493 e. The molecule has 0 radical (unpaired) electrons. The lowest BCUT2D eigenvalue weighted by Gasteiger charge is -2.27. The molecule has 0 N–H and O–H groups in total. The van der Waals surface area contributed by atoms with Gasteiger partial charge in [0.1, 0.15) is 0 Å². The SMILES string of the molecule is CCc1ccc(N2C(=O)/C(=C/c3cc(Br)c(OCC(=O)N4CCOCC4)c(OC)c3)SC2=S)cc1. The van der Waals surface area contributed by atoms with Gasteiger partial charge in [-0.15, -0.1) is 0 Å². The topological polar surface area (TPSA) is 68.3 Å². The van der Waals surface area contributed by atoms with Crippen molar-refractivity contribution in [3.05, 3.63) is 56.9 Å². The van der Waals surface area contributed by atoms with Crippen LogP contribution in [0.1, 0.15) is 18.1 Å². The van der Waals surface area contributed by atoms with Crippen molar-refractivity contribution >= 4 is 67.8 Å². The molecule has 2 aliphatic heterocycles. The first-order valence-corrected chi connectivity index (χ1v) is 13.2. The summed E-state index contributed by atoms with van der Waals surface area (Å²) in [6, 6.07) is 11.4. The lowest BCUT2D eigenvalue weighted by Crippen LogP contribution is -2.43. The van der Waals surface area contributed by atoms with Crippen molar-refractivity contribution in [1.82, 2.24) is 4.90 Å². The van der Waals surface area contributed by atoms with E-state index in [9.17, 15) is 9.59 Å². The standard InChI is InChI=1S/C25H25BrN2O5S2/c1-3-16-4-6-18(7-5-16)28-24(30)21(35-25(28)34)14-17-12-19(26)23(20(13-17)31-2)33-15-22(29)27-8-10-32-11-9-27/h4-7,12-14H,3,8-11,15H2,1-2H3/b21-14-. The normalized spacial score (nSPS) is 17.3. The van der Waals surface area contributed by atoms with E-state index < -0.39 is 0 Å². The molecule has 0 unspecified atom stereocenters.